The molecule has 21 heavy (non-hydrogen) atoms. The average Bonchev–Trinajstić information content (AvgIpc) is 2.85. The number of likely N-dealkylation sites (tertiary alicyclic amines) is 1. The second kappa shape index (κ2) is 5.41. The number of nitrogens with zero attached hydrogens (tertiary/aromatic N) is 2. The molecule has 0 radical (unpaired) electrons. The van der Waals surface area contributed by atoms with E-state index >= 15 is 0 Å². The molecule has 1 fully saturated rings. The Hall–Kier alpha value is -2.61. The van der Waals surface area contributed by atoms with E-state index in [9.17, 15) is 14.9 Å². The minimum Gasteiger partial charge on any atom is -0.338 e. The normalized spacial score (nSPS) is 19.6. The zero-order valence-electron chi connectivity index (χ0n) is 11.6. The summed E-state index contributed by atoms with van der Waals surface area (Å²) >= 11 is 0. The highest BCUT2D eigenvalue weighted by Crippen LogP contribution is 2.34. The Balaban J connectivity index is 2.04. The monoisotopic (exact) mass is 281 g/mol. The van der Waals surface area contributed by atoms with Gasteiger partial charge >= 0.3 is 0 Å². The first-order valence-electron chi connectivity index (χ1n) is 7.07. The Kier molecular flexibility index (Phi) is 3.44. The highest BCUT2D eigenvalue weighted by atomic mass is 16.2. The van der Waals surface area contributed by atoms with Gasteiger partial charge in [-0.25, -0.2) is 0 Å². The molecule has 0 unspecified atom stereocenters. The number of fused-ring (bicyclic) bond motifs is 1. The number of hydrogen-bond acceptors (Lipinski definition) is 3. The molecule has 5 heteroatoms. The van der Waals surface area contributed by atoms with Crippen LogP contribution in [0.2, 0.25) is 0 Å². The molecule has 0 spiro atoms. The number of nitriles is 1. The molecule has 106 valence electrons. The molecule has 0 atom stereocenters. The summed E-state index contributed by atoms with van der Waals surface area (Å²) in [7, 11) is 0. The number of rotatable bonds is 1. The Morgan fingerprint density at radius 3 is 2.62 bits per heavy atom. The molecule has 2 heterocycles. The molecule has 0 saturated carbocycles. The smallest absolute Gasteiger partial charge is 0.265 e. The van der Waals surface area contributed by atoms with Gasteiger partial charge in [0, 0.05) is 24.3 Å². The first-order valence-corrected chi connectivity index (χ1v) is 7.07. The van der Waals surface area contributed by atoms with Gasteiger partial charge in [-0.1, -0.05) is 18.2 Å². The van der Waals surface area contributed by atoms with Gasteiger partial charge in [0.05, 0.1) is 5.57 Å². The van der Waals surface area contributed by atoms with Crippen LogP contribution in [0.3, 0.4) is 0 Å². The maximum absolute atomic E-state index is 12.5. The van der Waals surface area contributed by atoms with Crippen LogP contribution >= 0.6 is 0 Å². The lowest BCUT2D eigenvalue weighted by atomic mass is 10.00. The Morgan fingerprint density at radius 2 is 1.90 bits per heavy atom. The molecule has 0 bridgehead atoms. The Bertz CT molecular complexity index is 679. The van der Waals surface area contributed by atoms with Crippen LogP contribution in [0.1, 0.15) is 24.8 Å². The van der Waals surface area contributed by atoms with Crippen molar-refractivity contribution in [2.75, 3.05) is 18.4 Å². The second-order valence-corrected chi connectivity index (χ2v) is 5.21. The maximum atomic E-state index is 12.5. The van der Waals surface area contributed by atoms with Crippen LogP contribution in [0.4, 0.5) is 5.69 Å². The highest BCUT2D eigenvalue weighted by molar-refractivity contribution is 6.36. The van der Waals surface area contributed by atoms with Crippen molar-refractivity contribution in [2.45, 2.75) is 19.3 Å². The lowest BCUT2D eigenvalue weighted by molar-refractivity contribution is -0.127. The van der Waals surface area contributed by atoms with E-state index in [1.807, 2.05) is 6.07 Å². The van der Waals surface area contributed by atoms with Crippen LogP contribution in [-0.2, 0) is 9.59 Å². The fourth-order valence-electron chi connectivity index (χ4n) is 2.83. The van der Waals surface area contributed by atoms with Crippen molar-refractivity contribution in [3.8, 4) is 6.07 Å². The summed E-state index contributed by atoms with van der Waals surface area (Å²) in [6.07, 6.45) is 3.00. The van der Waals surface area contributed by atoms with E-state index in [0.717, 1.165) is 19.3 Å². The molecule has 5 nitrogen and oxygen atoms in total. The summed E-state index contributed by atoms with van der Waals surface area (Å²) in [5, 5.41) is 12.1. The summed E-state index contributed by atoms with van der Waals surface area (Å²) in [5.74, 6) is -0.711. The quantitative estimate of drug-likeness (QED) is 0.631. The lowest BCUT2D eigenvalue weighted by Crippen LogP contribution is -2.36. The van der Waals surface area contributed by atoms with Crippen LogP contribution in [-0.4, -0.2) is 29.8 Å². The first kappa shape index (κ1) is 13.4. The van der Waals surface area contributed by atoms with E-state index in [2.05, 4.69) is 5.32 Å². The van der Waals surface area contributed by atoms with Gasteiger partial charge in [0.1, 0.15) is 11.6 Å². The van der Waals surface area contributed by atoms with Gasteiger partial charge in [-0.15, -0.1) is 0 Å². The largest absolute Gasteiger partial charge is 0.338 e. The maximum Gasteiger partial charge on any atom is 0.265 e. The van der Waals surface area contributed by atoms with Crippen LogP contribution in [0.25, 0.3) is 5.57 Å². The van der Waals surface area contributed by atoms with Gasteiger partial charge in [0.25, 0.3) is 11.8 Å². The van der Waals surface area contributed by atoms with E-state index in [0.29, 0.717) is 24.3 Å². The van der Waals surface area contributed by atoms with Crippen LogP contribution < -0.4 is 5.32 Å². The number of para-hydroxylation sites is 1. The third-order valence-corrected chi connectivity index (χ3v) is 3.89. The minimum absolute atomic E-state index is 0.0562. The van der Waals surface area contributed by atoms with Gasteiger partial charge in [0.2, 0.25) is 0 Å². The standard InChI is InChI=1S/C16H15N3O2/c17-10-12(16(21)19-8-4-1-5-9-19)14-11-6-2-3-7-13(11)18-15(14)20/h2-3,6-7H,1,4-5,8-9H2,(H,18,20). The number of hydrogen-bond donors (Lipinski definition) is 1. The van der Waals surface area contributed by atoms with Crippen molar-refractivity contribution in [3.63, 3.8) is 0 Å². The van der Waals surface area contributed by atoms with E-state index in [-0.39, 0.29) is 23.0 Å². The van der Waals surface area contributed by atoms with Gasteiger partial charge in [-0.3, -0.25) is 9.59 Å². The molecule has 2 aliphatic heterocycles. The summed E-state index contributed by atoms with van der Waals surface area (Å²) in [4.78, 5) is 26.3. The molecule has 1 saturated heterocycles. The third-order valence-electron chi connectivity index (χ3n) is 3.89. The third kappa shape index (κ3) is 2.29. The van der Waals surface area contributed by atoms with Crippen molar-refractivity contribution in [2.24, 2.45) is 0 Å². The van der Waals surface area contributed by atoms with Crippen molar-refractivity contribution in [1.29, 1.82) is 5.26 Å². The number of carbonyl (C=O) groups is 2. The molecule has 2 aliphatic rings. The Labute approximate surface area is 122 Å². The van der Waals surface area contributed by atoms with E-state index in [1.54, 1.807) is 29.2 Å². The Morgan fingerprint density at radius 1 is 1.19 bits per heavy atom. The zero-order valence-corrected chi connectivity index (χ0v) is 11.6. The van der Waals surface area contributed by atoms with Gasteiger partial charge in [0.15, 0.2) is 0 Å². The molecule has 2 amide bonds. The number of amides is 2. The topological polar surface area (TPSA) is 73.2 Å². The SMILES string of the molecule is N#CC(C(=O)N1CCCCC1)=C1C(=O)Nc2ccccc21. The van der Waals surface area contributed by atoms with Crippen molar-refractivity contribution >= 4 is 23.1 Å². The number of piperidine rings is 1. The first-order chi connectivity index (χ1) is 10.2. The highest BCUT2D eigenvalue weighted by Gasteiger charge is 2.32. The summed E-state index contributed by atoms with van der Waals surface area (Å²) in [5.41, 5.74) is 1.42. The summed E-state index contributed by atoms with van der Waals surface area (Å²) < 4.78 is 0. The lowest BCUT2D eigenvalue weighted by Gasteiger charge is -2.26. The predicted molar refractivity (Wildman–Crippen MR) is 78.0 cm³/mol. The predicted octanol–water partition coefficient (Wildman–Crippen LogP) is 1.93. The number of benzene rings is 1. The fraction of sp³-hybridized carbons (Fsp3) is 0.312. The molecule has 0 aliphatic carbocycles. The molecular weight excluding hydrogens is 266 g/mol. The average molecular weight is 281 g/mol. The molecule has 1 aromatic rings. The fourth-order valence-corrected chi connectivity index (χ4v) is 2.83. The number of carbonyl (C=O) groups excluding carboxylic acids is 2. The zero-order chi connectivity index (χ0) is 14.8. The second-order valence-electron chi connectivity index (χ2n) is 5.21. The van der Waals surface area contributed by atoms with Crippen LogP contribution in [0, 0.1) is 11.3 Å². The minimum atomic E-state index is -0.377. The van der Waals surface area contributed by atoms with E-state index in [4.69, 9.17) is 0 Å². The van der Waals surface area contributed by atoms with Gasteiger partial charge < -0.3 is 10.2 Å². The molecule has 3 rings (SSSR count). The summed E-state index contributed by atoms with van der Waals surface area (Å²) in [6, 6.07) is 9.06. The molecule has 1 aromatic carbocycles. The van der Waals surface area contributed by atoms with Crippen molar-refractivity contribution in [1.82, 2.24) is 4.90 Å². The van der Waals surface area contributed by atoms with E-state index in [1.165, 1.54) is 0 Å². The van der Waals surface area contributed by atoms with Crippen LogP contribution in [0.15, 0.2) is 29.8 Å². The molecule has 0 aromatic heterocycles. The van der Waals surface area contributed by atoms with E-state index < -0.39 is 0 Å². The van der Waals surface area contributed by atoms with Crippen molar-refractivity contribution in [3.05, 3.63) is 35.4 Å². The van der Waals surface area contributed by atoms with Gasteiger partial charge in [-0.2, -0.15) is 5.26 Å². The summed E-state index contributed by atoms with van der Waals surface area (Å²) in [6.45, 7) is 1.31. The number of nitrogens with one attached hydrogen (secondary N) is 1. The van der Waals surface area contributed by atoms with Crippen LogP contribution in [0.5, 0.6) is 0 Å². The number of anilines is 1. The molecule has 1 N–H and O–H groups in total. The van der Waals surface area contributed by atoms with Gasteiger partial charge in [-0.05, 0) is 25.3 Å². The molecular formula is C16H15N3O2. The van der Waals surface area contributed by atoms with Crippen molar-refractivity contribution < 1.29 is 9.59 Å².